The SMILES string of the molecule is C=C1c2cc(CCCC(=O)NCCOC(C)OCC)ccc2-c2c1cccc2C(=O)NCCOC(C)C. The maximum absolute atomic E-state index is 12.9. The first kappa shape index (κ1) is 28.6. The van der Waals surface area contributed by atoms with E-state index in [0.29, 0.717) is 44.9 Å². The Morgan fingerprint density at radius 3 is 2.43 bits per heavy atom. The lowest BCUT2D eigenvalue weighted by atomic mass is 9.97. The van der Waals surface area contributed by atoms with Crippen molar-refractivity contribution in [2.24, 2.45) is 0 Å². The van der Waals surface area contributed by atoms with Crippen LogP contribution in [0.3, 0.4) is 0 Å². The lowest BCUT2D eigenvalue weighted by Gasteiger charge is -2.13. The lowest BCUT2D eigenvalue weighted by molar-refractivity contribution is -0.130. The van der Waals surface area contributed by atoms with Gasteiger partial charge in [-0.1, -0.05) is 36.9 Å². The second-order valence-corrected chi connectivity index (χ2v) is 9.36. The third-order valence-electron chi connectivity index (χ3n) is 6.20. The third-order valence-corrected chi connectivity index (χ3v) is 6.20. The summed E-state index contributed by atoms with van der Waals surface area (Å²) in [7, 11) is 0. The molecule has 0 aliphatic heterocycles. The first-order valence-corrected chi connectivity index (χ1v) is 13.2. The molecule has 2 aromatic carbocycles. The van der Waals surface area contributed by atoms with Crippen molar-refractivity contribution in [2.45, 2.75) is 59.4 Å². The van der Waals surface area contributed by atoms with Gasteiger partial charge in [0.1, 0.15) is 0 Å². The van der Waals surface area contributed by atoms with E-state index in [1.54, 1.807) is 0 Å². The summed E-state index contributed by atoms with van der Waals surface area (Å²) in [5, 5.41) is 5.85. The summed E-state index contributed by atoms with van der Waals surface area (Å²) in [5.74, 6) is -0.0993. The van der Waals surface area contributed by atoms with Crippen LogP contribution in [0.15, 0.2) is 43.0 Å². The molecule has 0 aromatic heterocycles. The zero-order chi connectivity index (χ0) is 26.8. The largest absolute Gasteiger partial charge is 0.377 e. The molecule has 0 saturated carbocycles. The second-order valence-electron chi connectivity index (χ2n) is 9.36. The average molecular weight is 509 g/mol. The summed E-state index contributed by atoms with van der Waals surface area (Å²) in [4.78, 5) is 25.1. The summed E-state index contributed by atoms with van der Waals surface area (Å²) < 4.78 is 16.3. The monoisotopic (exact) mass is 508 g/mol. The molecule has 1 atom stereocenters. The molecule has 2 aromatic rings. The molecule has 7 nitrogen and oxygen atoms in total. The van der Waals surface area contributed by atoms with Gasteiger partial charge in [-0.15, -0.1) is 0 Å². The standard InChI is InChI=1S/C30H40N2O5/c1-6-35-22(5)37-18-15-31-28(33)12-7-9-23-13-14-25-27(19-23)21(4)24-10-8-11-26(29(24)25)30(34)32-16-17-36-20(2)3/h8,10-11,13-14,19-20,22H,4,6-7,9,12,15-18H2,1-3,5H3,(H,31,33)(H,32,34). The zero-order valence-electron chi connectivity index (χ0n) is 22.5. The van der Waals surface area contributed by atoms with Crippen LogP contribution in [-0.4, -0.2) is 57.1 Å². The Hall–Kier alpha value is -3.00. The van der Waals surface area contributed by atoms with Gasteiger partial charge >= 0.3 is 0 Å². The molecule has 7 heteroatoms. The Morgan fingerprint density at radius 2 is 1.68 bits per heavy atom. The number of benzene rings is 2. The molecule has 0 saturated heterocycles. The van der Waals surface area contributed by atoms with Crippen molar-refractivity contribution in [2.75, 3.05) is 32.9 Å². The fourth-order valence-electron chi connectivity index (χ4n) is 4.44. The van der Waals surface area contributed by atoms with E-state index in [4.69, 9.17) is 14.2 Å². The molecule has 1 aliphatic carbocycles. The van der Waals surface area contributed by atoms with E-state index in [1.807, 2.05) is 45.9 Å². The van der Waals surface area contributed by atoms with Gasteiger partial charge in [0.25, 0.3) is 5.91 Å². The van der Waals surface area contributed by atoms with Crippen LogP contribution >= 0.6 is 0 Å². The molecule has 0 spiro atoms. The maximum atomic E-state index is 12.9. The Labute approximate surface area is 220 Å². The lowest BCUT2D eigenvalue weighted by Crippen LogP contribution is -2.28. The molecule has 1 unspecified atom stereocenters. The van der Waals surface area contributed by atoms with Crippen LogP contribution in [0.1, 0.15) is 67.6 Å². The maximum Gasteiger partial charge on any atom is 0.252 e. The normalized spacial score (nSPS) is 12.8. The van der Waals surface area contributed by atoms with Crippen molar-refractivity contribution in [1.82, 2.24) is 10.6 Å². The summed E-state index contributed by atoms with van der Waals surface area (Å²) >= 11 is 0. The second kappa shape index (κ2) is 14.1. The predicted octanol–water partition coefficient (Wildman–Crippen LogP) is 4.72. The van der Waals surface area contributed by atoms with Gasteiger partial charge in [-0.25, -0.2) is 0 Å². The van der Waals surface area contributed by atoms with Gasteiger partial charge < -0.3 is 24.8 Å². The predicted molar refractivity (Wildman–Crippen MR) is 146 cm³/mol. The highest BCUT2D eigenvalue weighted by molar-refractivity contribution is 6.10. The first-order chi connectivity index (χ1) is 17.8. The van der Waals surface area contributed by atoms with Crippen LogP contribution < -0.4 is 10.6 Å². The molecule has 3 rings (SSSR count). The van der Waals surface area contributed by atoms with Crippen LogP contribution in [0.4, 0.5) is 0 Å². The molecule has 0 radical (unpaired) electrons. The summed E-state index contributed by atoms with van der Waals surface area (Å²) in [5.41, 5.74) is 6.68. The molecular formula is C30H40N2O5. The van der Waals surface area contributed by atoms with Crippen molar-refractivity contribution in [3.63, 3.8) is 0 Å². The van der Waals surface area contributed by atoms with E-state index in [-0.39, 0.29) is 24.2 Å². The minimum Gasteiger partial charge on any atom is -0.377 e. The zero-order valence-corrected chi connectivity index (χ0v) is 22.5. The van der Waals surface area contributed by atoms with Gasteiger partial charge in [-0.05, 0) is 74.4 Å². The minimum atomic E-state index is -0.266. The first-order valence-electron chi connectivity index (χ1n) is 13.2. The molecule has 37 heavy (non-hydrogen) atoms. The molecule has 200 valence electrons. The third kappa shape index (κ3) is 7.99. The van der Waals surface area contributed by atoms with Gasteiger partial charge in [-0.3, -0.25) is 9.59 Å². The summed E-state index contributed by atoms with van der Waals surface area (Å²) in [6.45, 7) is 14.4. The summed E-state index contributed by atoms with van der Waals surface area (Å²) in [6.07, 6.45) is 1.84. The van der Waals surface area contributed by atoms with Gasteiger partial charge in [0.05, 0.1) is 19.3 Å². The van der Waals surface area contributed by atoms with Gasteiger partial charge in [0.15, 0.2) is 6.29 Å². The molecular weight excluding hydrogens is 468 g/mol. The van der Waals surface area contributed by atoms with Crippen LogP contribution in [0, 0.1) is 0 Å². The molecule has 0 fully saturated rings. The number of fused-ring (bicyclic) bond motifs is 3. The summed E-state index contributed by atoms with van der Waals surface area (Å²) in [6, 6.07) is 12.0. The van der Waals surface area contributed by atoms with E-state index in [0.717, 1.165) is 46.2 Å². The van der Waals surface area contributed by atoms with Crippen LogP contribution in [0.5, 0.6) is 0 Å². The van der Waals surface area contributed by atoms with Crippen molar-refractivity contribution >= 4 is 17.4 Å². The van der Waals surface area contributed by atoms with Crippen molar-refractivity contribution in [3.05, 3.63) is 65.2 Å². The smallest absolute Gasteiger partial charge is 0.252 e. The minimum absolute atomic E-state index is 0.0140. The van der Waals surface area contributed by atoms with E-state index in [2.05, 4.69) is 35.4 Å². The van der Waals surface area contributed by atoms with Crippen LogP contribution in [0.25, 0.3) is 16.7 Å². The number of hydrogen-bond donors (Lipinski definition) is 2. The Morgan fingerprint density at radius 1 is 0.919 bits per heavy atom. The van der Waals surface area contributed by atoms with Crippen molar-refractivity contribution in [3.8, 4) is 11.1 Å². The van der Waals surface area contributed by atoms with Crippen molar-refractivity contribution in [1.29, 1.82) is 0 Å². The fourth-order valence-corrected chi connectivity index (χ4v) is 4.44. The highest BCUT2D eigenvalue weighted by atomic mass is 16.7. The van der Waals surface area contributed by atoms with Gasteiger partial charge in [-0.2, -0.15) is 0 Å². The van der Waals surface area contributed by atoms with Crippen LogP contribution in [0.2, 0.25) is 0 Å². The quantitative estimate of drug-likeness (QED) is 0.229. The molecule has 2 amide bonds. The van der Waals surface area contributed by atoms with Crippen LogP contribution in [-0.2, 0) is 25.4 Å². The Balaban J connectivity index is 1.55. The van der Waals surface area contributed by atoms with Gasteiger partial charge in [0, 0.05) is 37.2 Å². The number of ether oxygens (including phenoxy) is 3. The highest BCUT2D eigenvalue weighted by Gasteiger charge is 2.27. The molecule has 0 heterocycles. The average Bonchev–Trinajstić information content (AvgIpc) is 3.16. The van der Waals surface area contributed by atoms with E-state index >= 15 is 0 Å². The number of carbonyl (C=O) groups excluding carboxylic acids is 2. The number of rotatable bonds is 15. The Bertz CT molecular complexity index is 1100. The number of carbonyl (C=O) groups is 2. The molecule has 1 aliphatic rings. The van der Waals surface area contributed by atoms with E-state index in [1.165, 1.54) is 0 Å². The number of nitrogens with one attached hydrogen (secondary N) is 2. The fraction of sp³-hybridized carbons (Fsp3) is 0.467. The molecule has 2 N–H and O–H groups in total. The highest BCUT2D eigenvalue weighted by Crippen LogP contribution is 2.45. The topological polar surface area (TPSA) is 85.9 Å². The van der Waals surface area contributed by atoms with E-state index in [9.17, 15) is 9.59 Å². The molecule has 0 bridgehead atoms. The number of amides is 2. The van der Waals surface area contributed by atoms with Crippen molar-refractivity contribution < 1.29 is 23.8 Å². The Kier molecular flexibility index (Phi) is 10.9. The number of aryl methyl sites for hydroxylation is 1. The van der Waals surface area contributed by atoms with E-state index < -0.39 is 0 Å². The number of hydrogen-bond acceptors (Lipinski definition) is 5. The van der Waals surface area contributed by atoms with Gasteiger partial charge in [0.2, 0.25) is 5.91 Å².